The molecule has 0 saturated heterocycles. The van der Waals surface area contributed by atoms with Crippen LogP contribution in [0.5, 0.6) is 0 Å². The average Bonchev–Trinajstić information content (AvgIpc) is 2.46. The molecule has 0 saturated carbocycles. The third-order valence-corrected chi connectivity index (χ3v) is 3.74. The Hall–Kier alpha value is -2.29. The minimum Gasteiger partial charge on any atom is -0.399 e. The van der Waals surface area contributed by atoms with E-state index >= 15 is 0 Å². The molecule has 0 heterocycles. The molecule has 3 heteroatoms. The van der Waals surface area contributed by atoms with Crippen LogP contribution in [0.15, 0.2) is 48.5 Å². The summed E-state index contributed by atoms with van der Waals surface area (Å²) in [7, 11) is 0. The number of nitrogens with two attached hydrogens (primary N) is 1. The van der Waals surface area contributed by atoms with Gasteiger partial charge >= 0.3 is 0 Å². The smallest absolute Gasteiger partial charge is 0.251 e. The lowest BCUT2D eigenvalue weighted by Crippen LogP contribution is -2.36. The summed E-state index contributed by atoms with van der Waals surface area (Å²) in [5.41, 5.74) is 9.05. The van der Waals surface area contributed by atoms with Gasteiger partial charge in [0.15, 0.2) is 0 Å². The molecular weight excluding hydrogens is 260 g/mol. The van der Waals surface area contributed by atoms with Crippen LogP contribution >= 0.6 is 0 Å². The molecule has 0 fully saturated rings. The Morgan fingerprint density at radius 1 is 1.14 bits per heavy atom. The molecule has 0 aliphatic carbocycles. The number of anilines is 1. The Morgan fingerprint density at radius 2 is 1.81 bits per heavy atom. The standard InChI is InChI=1S/C18H22N2O/c1-13-11-15(19)9-10-16(13)17(21)20-12-18(2,3)14-7-5-4-6-8-14/h4-11H,12,19H2,1-3H3,(H,20,21). The zero-order valence-corrected chi connectivity index (χ0v) is 12.8. The van der Waals surface area contributed by atoms with Crippen LogP contribution in [0.25, 0.3) is 0 Å². The van der Waals surface area contributed by atoms with E-state index in [2.05, 4.69) is 31.3 Å². The van der Waals surface area contributed by atoms with E-state index in [4.69, 9.17) is 5.73 Å². The topological polar surface area (TPSA) is 55.1 Å². The largest absolute Gasteiger partial charge is 0.399 e. The first-order chi connectivity index (χ1) is 9.90. The molecule has 2 aromatic carbocycles. The first-order valence-corrected chi connectivity index (χ1v) is 7.10. The Labute approximate surface area is 126 Å². The van der Waals surface area contributed by atoms with Crippen LogP contribution in [-0.2, 0) is 5.41 Å². The van der Waals surface area contributed by atoms with Crippen LogP contribution < -0.4 is 11.1 Å². The lowest BCUT2D eigenvalue weighted by atomic mass is 9.84. The average molecular weight is 282 g/mol. The van der Waals surface area contributed by atoms with Gasteiger partial charge in [-0.05, 0) is 36.2 Å². The molecule has 0 aliphatic heterocycles. The van der Waals surface area contributed by atoms with Crippen LogP contribution in [0.4, 0.5) is 5.69 Å². The van der Waals surface area contributed by atoms with E-state index in [1.54, 1.807) is 12.1 Å². The number of amides is 1. The second-order valence-corrected chi connectivity index (χ2v) is 6.01. The zero-order valence-electron chi connectivity index (χ0n) is 12.8. The van der Waals surface area contributed by atoms with E-state index in [0.29, 0.717) is 17.8 Å². The molecule has 21 heavy (non-hydrogen) atoms. The van der Waals surface area contributed by atoms with Crippen LogP contribution in [0.1, 0.15) is 35.3 Å². The third kappa shape index (κ3) is 3.63. The molecule has 0 radical (unpaired) electrons. The number of carbonyl (C=O) groups excluding carboxylic acids is 1. The fourth-order valence-electron chi connectivity index (χ4n) is 2.33. The molecule has 1 amide bonds. The van der Waals surface area contributed by atoms with E-state index in [1.165, 1.54) is 5.56 Å². The van der Waals surface area contributed by atoms with Gasteiger partial charge in [0.2, 0.25) is 0 Å². The monoisotopic (exact) mass is 282 g/mol. The van der Waals surface area contributed by atoms with Gasteiger partial charge < -0.3 is 11.1 Å². The van der Waals surface area contributed by atoms with E-state index in [-0.39, 0.29) is 11.3 Å². The van der Waals surface area contributed by atoms with Gasteiger partial charge in [-0.25, -0.2) is 0 Å². The zero-order chi connectivity index (χ0) is 15.5. The molecule has 0 atom stereocenters. The van der Waals surface area contributed by atoms with Crippen molar-refractivity contribution in [2.75, 3.05) is 12.3 Å². The number of hydrogen-bond donors (Lipinski definition) is 2. The lowest BCUT2D eigenvalue weighted by Gasteiger charge is -2.25. The van der Waals surface area contributed by atoms with Crippen molar-refractivity contribution in [1.29, 1.82) is 0 Å². The molecule has 0 aliphatic rings. The predicted molar refractivity (Wildman–Crippen MR) is 87.4 cm³/mol. The molecule has 0 bridgehead atoms. The normalized spacial score (nSPS) is 11.2. The summed E-state index contributed by atoms with van der Waals surface area (Å²) in [6.45, 7) is 6.73. The van der Waals surface area contributed by atoms with Crippen molar-refractivity contribution in [3.8, 4) is 0 Å². The van der Waals surface area contributed by atoms with Crippen molar-refractivity contribution in [2.24, 2.45) is 0 Å². The number of nitrogens with one attached hydrogen (secondary N) is 1. The number of nitrogen functional groups attached to an aromatic ring is 1. The highest BCUT2D eigenvalue weighted by Crippen LogP contribution is 2.22. The fraction of sp³-hybridized carbons (Fsp3) is 0.278. The molecule has 3 N–H and O–H groups in total. The highest BCUT2D eigenvalue weighted by molar-refractivity contribution is 5.96. The van der Waals surface area contributed by atoms with Crippen molar-refractivity contribution in [3.05, 3.63) is 65.2 Å². The molecule has 0 spiro atoms. The number of aryl methyl sites for hydroxylation is 1. The first-order valence-electron chi connectivity index (χ1n) is 7.10. The molecule has 0 unspecified atom stereocenters. The van der Waals surface area contributed by atoms with Gasteiger partial charge in [0.05, 0.1) is 0 Å². The lowest BCUT2D eigenvalue weighted by molar-refractivity contribution is 0.0945. The molecule has 2 rings (SSSR count). The molecule has 3 nitrogen and oxygen atoms in total. The van der Waals surface area contributed by atoms with Gasteiger partial charge in [-0.2, -0.15) is 0 Å². The summed E-state index contributed by atoms with van der Waals surface area (Å²) in [6.07, 6.45) is 0. The van der Waals surface area contributed by atoms with Crippen LogP contribution in [0, 0.1) is 6.92 Å². The van der Waals surface area contributed by atoms with Gasteiger partial charge in [0, 0.05) is 23.2 Å². The summed E-state index contributed by atoms with van der Waals surface area (Å²) in [6, 6.07) is 15.5. The molecule has 2 aromatic rings. The van der Waals surface area contributed by atoms with Gasteiger partial charge in [-0.1, -0.05) is 44.2 Å². The first kappa shape index (κ1) is 15.1. The van der Waals surface area contributed by atoms with Crippen molar-refractivity contribution in [2.45, 2.75) is 26.2 Å². The Bertz CT molecular complexity index is 633. The predicted octanol–water partition coefficient (Wildman–Crippen LogP) is 3.28. The minimum atomic E-state index is -0.112. The van der Waals surface area contributed by atoms with Gasteiger partial charge in [-0.15, -0.1) is 0 Å². The summed E-state index contributed by atoms with van der Waals surface area (Å²) >= 11 is 0. The van der Waals surface area contributed by atoms with E-state index in [9.17, 15) is 4.79 Å². The Morgan fingerprint density at radius 3 is 2.43 bits per heavy atom. The van der Waals surface area contributed by atoms with Crippen LogP contribution in [0.3, 0.4) is 0 Å². The number of hydrogen-bond acceptors (Lipinski definition) is 2. The van der Waals surface area contributed by atoms with Gasteiger partial charge in [-0.3, -0.25) is 4.79 Å². The fourth-order valence-corrected chi connectivity index (χ4v) is 2.33. The maximum atomic E-state index is 12.3. The van der Waals surface area contributed by atoms with Crippen LogP contribution in [0.2, 0.25) is 0 Å². The number of carbonyl (C=O) groups is 1. The van der Waals surface area contributed by atoms with Crippen LogP contribution in [-0.4, -0.2) is 12.5 Å². The summed E-state index contributed by atoms with van der Waals surface area (Å²) in [4.78, 5) is 12.3. The molecular formula is C18H22N2O. The Kier molecular flexibility index (Phi) is 4.32. The summed E-state index contributed by atoms with van der Waals surface area (Å²) in [5, 5.41) is 3.02. The van der Waals surface area contributed by atoms with E-state index in [0.717, 1.165) is 5.56 Å². The quantitative estimate of drug-likeness (QED) is 0.845. The third-order valence-electron chi connectivity index (χ3n) is 3.74. The highest BCUT2D eigenvalue weighted by Gasteiger charge is 2.21. The van der Waals surface area contributed by atoms with E-state index < -0.39 is 0 Å². The van der Waals surface area contributed by atoms with E-state index in [1.807, 2.05) is 31.2 Å². The summed E-state index contributed by atoms with van der Waals surface area (Å²) in [5.74, 6) is -0.0588. The number of rotatable bonds is 4. The minimum absolute atomic E-state index is 0.0588. The molecule has 0 aromatic heterocycles. The molecule has 110 valence electrons. The second-order valence-electron chi connectivity index (χ2n) is 6.01. The van der Waals surface area contributed by atoms with Crippen molar-refractivity contribution < 1.29 is 4.79 Å². The highest BCUT2D eigenvalue weighted by atomic mass is 16.1. The second kappa shape index (κ2) is 6.00. The Balaban J connectivity index is 2.07. The van der Waals surface area contributed by atoms with Crippen molar-refractivity contribution in [3.63, 3.8) is 0 Å². The maximum absolute atomic E-state index is 12.3. The van der Waals surface area contributed by atoms with Crippen molar-refractivity contribution >= 4 is 11.6 Å². The van der Waals surface area contributed by atoms with Gasteiger partial charge in [0.25, 0.3) is 5.91 Å². The van der Waals surface area contributed by atoms with Crippen molar-refractivity contribution in [1.82, 2.24) is 5.32 Å². The van der Waals surface area contributed by atoms with Gasteiger partial charge in [0.1, 0.15) is 0 Å². The maximum Gasteiger partial charge on any atom is 0.251 e. The summed E-state index contributed by atoms with van der Waals surface area (Å²) < 4.78 is 0. The SMILES string of the molecule is Cc1cc(N)ccc1C(=O)NCC(C)(C)c1ccccc1. The number of benzene rings is 2.